The molecule has 0 bridgehead atoms. The van der Waals surface area contributed by atoms with Crippen LogP contribution in [-0.4, -0.2) is 12.8 Å². The van der Waals surface area contributed by atoms with Gasteiger partial charge in [-0.05, 0) is 49.7 Å². The van der Waals surface area contributed by atoms with Crippen LogP contribution in [0.15, 0.2) is 11.4 Å². The average molecular weight is 237 g/mol. The van der Waals surface area contributed by atoms with Crippen molar-refractivity contribution in [1.29, 1.82) is 0 Å². The summed E-state index contributed by atoms with van der Waals surface area (Å²) in [5.41, 5.74) is 1.38. The monoisotopic (exact) mass is 237 g/mol. The van der Waals surface area contributed by atoms with Crippen molar-refractivity contribution in [2.75, 3.05) is 7.05 Å². The van der Waals surface area contributed by atoms with Gasteiger partial charge in [-0.15, -0.1) is 11.3 Å². The maximum atomic E-state index is 11.3. The first-order valence-electron chi connectivity index (χ1n) is 5.95. The van der Waals surface area contributed by atoms with Crippen LogP contribution in [-0.2, 0) is 4.79 Å². The number of ketones is 1. The van der Waals surface area contributed by atoms with Gasteiger partial charge in [0.05, 0.1) is 0 Å². The number of thiophene rings is 1. The van der Waals surface area contributed by atoms with Gasteiger partial charge in [-0.25, -0.2) is 0 Å². The van der Waals surface area contributed by atoms with E-state index in [1.165, 1.54) is 10.4 Å². The first-order chi connectivity index (χ1) is 7.72. The molecule has 1 aromatic heterocycles. The molecule has 0 spiro atoms. The molecule has 0 amide bonds. The number of carbonyl (C=O) groups excluding carboxylic acids is 1. The van der Waals surface area contributed by atoms with Gasteiger partial charge in [-0.2, -0.15) is 0 Å². The second kappa shape index (κ2) is 5.11. The number of rotatable bonds is 3. The predicted molar refractivity (Wildman–Crippen MR) is 67.8 cm³/mol. The highest BCUT2D eigenvalue weighted by Gasteiger charge is 2.27. The smallest absolute Gasteiger partial charge is 0.132 e. The number of hydrogen-bond donors (Lipinski definition) is 1. The van der Waals surface area contributed by atoms with E-state index in [-0.39, 0.29) is 0 Å². The topological polar surface area (TPSA) is 29.1 Å². The molecule has 1 aliphatic rings. The maximum Gasteiger partial charge on any atom is 0.132 e. The Morgan fingerprint density at radius 3 is 2.62 bits per heavy atom. The van der Waals surface area contributed by atoms with Crippen LogP contribution in [0.3, 0.4) is 0 Å². The largest absolute Gasteiger partial charge is 0.312 e. The average Bonchev–Trinajstić information content (AvgIpc) is 2.69. The molecule has 1 fully saturated rings. The number of Topliss-reactive ketones (excluding diaryl/α,β-unsaturated/α-hetero) is 1. The number of aryl methyl sites for hydroxylation is 1. The Morgan fingerprint density at radius 2 is 2.12 bits per heavy atom. The SMILES string of the molecule is CNC(c1sccc1C)C1CCC(=O)CC1. The fourth-order valence-electron chi connectivity index (χ4n) is 2.58. The molecular formula is C13H19NOS. The number of nitrogens with one attached hydrogen (secondary N) is 1. The highest BCUT2D eigenvalue weighted by molar-refractivity contribution is 7.10. The molecule has 2 nitrogen and oxygen atoms in total. The fraction of sp³-hybridized carbons (Fsp3) is 0.615. The van der Waals surface area contributed by atoms with Crippen molar-refractivity contribution in [2.24, 2.45) is 5.92 Å². The van der Waals surface area contributed by atoms with Gasteiger partial charge in [0.2, 0.25) is 0 Å². The summed E-state index contributed by atoms with van der Waals surface area (Å²) in [5.74, 6) is 1.06. The molecule has 0 radical (unpaired) electrons. The van der Waals surface area contributed by atoms with Gasteiger partial charge in [0.15, 0.2) is 0 Å². The van der Waals surface area contributed by atoms with E-state index in [1.807, 2.05) is 18.4 Å². The van der Waals surface area contributed by atoms with Gasteiger partial charge < -0.3 is 5.32 Å². The molecule has 1 heterocycles. The molecule has 88 valence electrons. The third-order valence-electron chi connectivity index (χ3n) is 3.55. The number of hydrogen-bond acceptors (Lipinski definition) is 3. The zero-order valence-electron chi connectivity index (χ0n) is 9.95. The van der Waals surface area contributed by atoms with Gasteiger partial charge in [0.25, 0.3) is 0 Å². The minimum Gasteiger partial charge on any atom is -0.312 e. The highest BCUT2D eigenvalue weighted by Crippen LogP contribution is 2.36. The lowest BCUT2D eigenvalue weighted by atomic mass is 9.82. The molecule has 0 saturated heterocycles. The Morgan fingerprint density at radius 1 is 1.44 bits per heavy atom. The van der Waals surface area contributed by atoms with Crippen molar-refractivity contribution in [1.82, 2.24) is 5.32 Å². The molecule has 0 aromatic carbocycles. The summed E-state index contributed by atoms with van der Waals surface area (Å²) in [7, 11) is 2.03. The molecule has 1 saturated carbocycles. The standard InChI is InChI=1S/C13H19NOS/c1-9-7-8-16-13(9)12(14-2)10-3-5-11(15)6-4-10/h7-8,10,12,14H,3-6H2,1-2H3. The van der Waals surface area contributed by atoms with E-state index in [9.17, 15) is 4.79 Å². The highest BCUT2D eigenvalue weighted by atomic mass is 32.1. The Kier molecular flexibility index (Phi) is 3.77. The first-order valence-corrected chi connectivity index (χ1v) is 6.83. The minimum absolute atomic E-state index is 0.438. The van der Waals surface area contributed by atoms with Gasteiger partial charge in [-0.3, -0.25) is 4.79 Å². The van der Waals surface area contributed by atoms with Gasteiger partial charge in [0, 0.05) is 23.8 Å². The van der Waals surface area contributed by atoms with Gasteiger partial charge in [-0.1, -0.05) is 0 Å². The van der Waals surface area contributed by atoms with Crippen LogP contribution in [0.25, 0.3) is 0 Å². The molecule has 1 aromatic rings. The Bertz CT molecular complexity index is 362. The molecule has 0 aliphatic heterocycles. The minimum atomic E-state index is 0.438. The van der Waals surface area contributed by atoms with Crippen LogP contribution in [0.5, 0.6) is 0 Å². The van der Waals surface area contributed by atoms with Crippen molar-refractivity contribution >= 4 is 17.1 Å². The van der Waals surface area contributed by atoms with Crippen molar-refractivity contribution in [3.63, 3.8) is 0 Å². The quantitative estimate of drug-likeness (QED) is 0.875. The summed E-state index contributed by atoms with van der Waals surface area (Å²) in [5, 5.41) is 5.58. The maximum absolute atomic E-state index is 11.3. The van der Waals surface area contributed by atoms with Crippen LogP contribution >= 0.6 is 11.3 Å². The van der Waals surface area contributed by atoms with Gasteiger partial charge >= 0.3 is 0 Å². The predicted octanol–water partition coefficient (Wildman–Crippen LogP) is 3.08. The molecule has 1 atom stereocenters. The first kappa shape index (κ1) is 11.8. The molecule has 2 rings (SSSR count). The van der Waals surface area contributed by atoms with Crippen LogP contribution in [0.1, 0.15) is 42.2 Å². The summed E-state index contributed by atoms with van der Waals surface area (Å²) in [6, 6.07) is 2.62. The van der Waals surface area contributed by atoms with Crippen LogP contribution < -0.4 is 5.32 Å². The molecule has 3 heteroatoms. The second-order valence-electron chi connectivity index (χ2n) is 4.61. The van der Waals surface area contributed by atoms with Crippen LogP contribution in [0, 0.1) is 12.8 Å². The van der Waals surface area contributed by atoms with E-state index in [2.05, 4.69) is 23.7 Å². The summed E-state index contributed by atoms with van der Waals surface area (Å²) in [6.45, 7) is 2.17. The summed E-state index contributed by atoms with van der Waals surface area (Å²) < 4.78 is 0. The van der Waals surface area contributed by atoms with Crippen LogP contribution in [0.4, 0.5) is 0 Å². The summed E-state index contributed by atoms with van der Waals surface area (Å²) >= 11 is 1.83. The molecule has 1 aliphatic carbocycles. The summed E-state index contributed by atoms with van der Waals surface area (Å²) in [6.07, 6.45) is 3.63. The zero-order valence-corrected chi connectivity index (χ0v) is 10.8. The fourth-order valence-corrected chi connectivity index (χ4v) is 3.71. The van der Waals surface area contributed by atoms with E-state index in [1.54, 1.807) is 0 Å². The van der Waals surface area contributed by atoms with E-state index in [0.717, 1.165) is 25.7 Å². The molecule has 1 unspecified atom stereocenters. The van der Waals surface area contributed by atoms with Crippen molar-refractivity contribution in [2.45, 2.75) is 38.6 Å². The molecule has 1 N–H and O–H groups in total. The van der Waals surface area contributed by atoms with E-state index in [0.29, 0.717) is 17.7 Å². The van der Waals surface area contributed by atoms with Gasteiger partial charge in [0.1, 0.15) is 5.78 Å². The van der Waals surface area contributed by atoms with E-state index in [4.69, 9.17) is 0 Å². The molecule has 16 heavy (non-hydrogen) atoms. The molecular weight excluding hydrogens is 218 g/mol. The van der Waals surface area contributed by atoms with Crippen molar-refractivity contribution in [3.8, 4) is 0 Å². The Balaban J connectivity index is 2.11. The lowest BCUT2D eigenvalue weighted by Crippen LogP contribution is -2.28. The van der Waals surface area contributed by atoms with E-state index < -0.39 is 0 Å². The van der Waals surface area contributed by atoms with Crippen LogP contribution in [0.2, 0.25) is 0 Å². The third kappa shape index (κ3) is 2.36. The summed E-state index contributed by atoms with van der Waals surface area (Å²) in [4.78, 5) is 12.7. The van der Waals surface area contributed by atoms with E-state index >= 15 is 0 Å². The normalized spacial score (nSPS) is 20.0. The zero-order chi connectivity index (χ0) is 11.5. The third-order valence-corrected chi connectivity index (χ3v) is 4.66. The second-order valence-corrected chi connectivity index (χ2v) is 5.56. The van der Waals surface area contributed by atoms with Crippen molar-refractivity contribution in [3.05, 3.63) is 21.9 Å². The lowest BCUT2D eigenvalue weighted by Gasteiger charge is -2.29. The lowest BCUT2D eigenvalue weighted by molar-refractivity contribution is -0.121. The number of carbonyl (C=O) groups is 1. The van der Waals surface area contributed by atoms with Crippen molar-refractivity contribution < 1.29 is 4.79 Å². The Hall–Kier alpha value is -0.670. The Labute approximate surface area is 101 Å².